The van der Waals surface area contributed by atoms with Gasteiger partial charge in [-0.1, -0.05) is 54.1 Å². The molecule has 0 fully saturated rings. The van der Waals surface area contributed by atoms with E-state index in [0.29, 0.717) is 11.4 Å². The van der Waals surface area contributed by atoms with Crippen molar-refractivity contribution in [1.82, 2.24) is 14.1 Å². The first kappa shape index (κ1) is 17.3. The molecule has 2 aromatic heterocycles. The number of nitrogens with zero attached hydrogens (tertiary/aromatic N) is 3. The summed E-state index contributed by atoms with van der Waals surface area (Å²) in [5.41, 5.74) is 3.87. The number of fused-ring (bicyclic) bond motifs is 3. The number of amides is 1. The average molecular weight is 380 g/mol. The van der Waals surface area contributed by atoms with Crippen molar-refractivity contribution in [3.8, 4) is 5.82 Å². The van der Waals surface area contributed by atoms with Gasteiger partial charge in [-0.15, -0.1) is 0 Å². The maximum atomic E-state index is 12.8. The second-order valence-electron chi connectivity index (χ2n) is 7.22. The number of para-hydroxylation sites is 2. The lowest BCUT2D eigenvalue weighted by Gasteiger charge is -2.12. The third-order valence-electron chi connectivity index (χ3n) is 5.24. The summed E-state index contributed by atoms with van der Waals surface area (Å²) < 4.78 is 4.09. The second kappa shape index (κ2) is 6.63. The molecule has 0 aliphatic rings. The van der Waals surface area contributed by atoms with Crippen LogP contribution in [-0.2, 0) is 7.05 Å². The fourth-order valence-corrected chi connectivity index (χ4v) is 3.81. The summed E-state index contributed by atoms with van der Waals surface area (Å²) in [6.45, 7) is 2.00. The molecule has 0 saturated heterocycles. The lowest BCUT2D eigenvalue weighted by Crippen LogP contribution is -2.14. The topological polar surface area (TPSA) is 51.9 Å². The minimum Gasteiger partial charge on any atom is -0.318 e. The molecule has 5 nitrogen and oxygen atoms in total. The highest BCUT2D eigenvalue weighted by atomic mass is 16.1. The molecule has 0 radical (unpaired) electrons. The van der Waals surface area contributed by atoms with Crippen LogP contribution in [0.15, 0.2) is 79.1 Å². The lowest BCUT2D eigenvalue weighted by atomic mass is 10.1. The summed E-state index contributed by atoms with van der Waals surface area (Å²) in [7, 11) is 1.94. The van der Waals surface area contributed by atoms with Gasteiger partial charge in [0.2, 0.25) is 0 Å². The molecular weight excluding hydrogens is 360 g/mol. The highest BCUT2D eigenvalue weighted by molar-refractivity contribution is 6.10. The molecule has 0 aliphatic carbocycles. The van der Waals surface area contributed by atoms with E-state index in [4.69, 9.17) is 0 Å². The Labute approximate surface area is 168 Å². The van der Waals surface area contributed by atoms with Gasteiger partial charge in [0, 0.05) is 23.4 Å². The zero-order valence-electron chi connectivity index (χ0n) is 16.3. The van der Waals surface area contributed by atoms with Crippen molar-refractivity contribution >= 4 is 33.5 Å². The summed E-state index contributed by atoms with van der Waals surface area (Å²) in [5.74, 6) is 1.18. The Balaban J connectivity index is 1.67. The highest BCUT2D eigenvalue weighted by Crippen LogP contribution is 2.33. The summed E-state index contributed by atoms with van der Waals surface area (Å²) in [5, 5.41) is 5.33. The molecule has 0 bridgehead atoms. The molecule has 5 aromatic rings. The number of rotatable bonds is 3. The van der Waals surface area contributed by atoms with Crippen molar-refractivity contribution in [3.05, 3.63) is 90.3 Å². The van der Waals surface area contributed by atoms with E-state index in [2.05, 4.69) is 39.1 Å². The molecule has 0 aliphatic heterocycles. The van der Waals surface area contributed by atoms with Crippen LogP contribution in [0.3, 0.4) is 0 Å². The van der Waals surface area contributed by atoms with Crippen molar-refractivity contribution in [3.63, 3.8) is 0 Å². The molecule has 0 spiro atoms. The summed E-state index contributed by atoms with van der Waals surface area (Å²) in [6, 6.07) is 24.1. The van der Waals surface area contributed by atoms with Gasteiger partial charge in [-0.05, 0) is 31.2 Å². The van der Waals surface area contributed by atoms with Crippen LogP contribution in [-0.4, -0.2) is 20.0 Å². The third kappa shape index (κ3) is 2.79. The largest absolute Gasteiger partial charge is 0.318 e. The van der Waals surface area contributed by atoms with Gasteiger partial charge in [-0.2, -0.15) is 0 Å². The van der Waals surface area contributed by atoms with Crippen molar-refractivity contribution in [1.29, 1.82) is 0 Å². The predicted octanol–water partition coefficient (Wildman–Crippen LogP) is 5.08. The number of aromatic nitrogens is 3. The van der Waals surface area contributed by atoms with E-state index in [0.717, 1.165) is 22.4 Å². The molecule has 5 rings (SSSR count). The van der Waals surface area contributed by atoms with E-state index in [1.807, 2.05) is 67.1 Å². The minimum absolute atomic E-state index is 0.175. The third-order valence-corrected chi connectivity index (χ3v) is 5.24. The molecule has 0 unspecified atom stereocenters. The van der Waals surface area contributed by atoms with Crippen LogP contribution < -0.4 is 5.32 Å². The minimum atomic E-state index is -0.175. The molecule has 142 valence electrons. The molecule has 29 heavy (non-hydrogen) atoms. The molecule has 1 amide bonds. The monoisotopic (exact) mass is 380 g/mol. The van der Waals surface area contributed by atoms with E-state index in [1.54, 1.807) is 6.33 Å². The van der Waals surface area contributed by atoms with Crippen LogP contribution in [0.25, 0.3) is 27.6 Å². The quantitative estimate of drug-likeness (QED) is 0.475. The fraction of sp³-hybridized carbons (Fsp3) is 0.0833. The number of aryl methyl sites for hydroxylation is 2. The number of hydrogen-bond acceptors (Lipinski definition) is 2. The van der Waals surface area contributed by atoms with E-state index in [9.17, 15) is 4.79 Å². The Morgan fingerprint density at radius 1 is 0.862 bits per heavy atom. The van der Waals surface area contributed by atoms with Crippen LogP contribution in [0.1, 0.15) is 15.9 Å². The number of hydrogen-bond donors (Lipinski definition) is 1. The smallest absolute Gasteiger partial charge is 0.256 e. The van der Waals surface area contributed by atoms with Crippen molar-refractivity contribution in [2.75, 3.05) is 5.32 Å². The Hall–Kier alpha value is -3.86. The van der Waals surface area contributed by atoms with Crippen LogP contribution in [0.5, 0.6) is 0 Å². The fourth-order valence-electron chi connectivity index (χ4n) is 3.81. The highest BCUT2D eigenvalue weighted by Gasteiger charge is 2.19. The number of imidazole rings is 1. The summed E-state index contributed by atoms with van der Waals surface area (Å²) in [4.78, 5) is 17.3. The first-order valence-corrected chi connectivity index (χ1v) is 9.51. The van der Waals surface area contributed by atoms with Gasteiger partial charge in [-0.25, -0.2) is 4.98 Å². The first-order chi connectivity index (χ1) is 14.1. The Morgan fingerprint density at radius 2 is 1.45 bits per heavy atom. The van der Waals surface area contributed by atoms with Gasteiger partial charge in [0.25, 0.3) is 5.91 Å². The van der Waals surface area contributed by atoms with Gasteiger partial charge in [0.15, 0.2) is 11.6 Å². The van der Waals surface area contributed by atoms with Crippen LogP contribution in [0.2, 0.25) is 0 Å². The van der Waals surface area contributed by atoms with Crippen LogP contribution in [0, 0.1) is 6.92 Å². The van der Waals surface area contributed by atoms with Gasteiger partial charge in [0.1, 0.15) is 0 Å². The second-order valence-corrected chi connectivity index (χ2v) is 7.22. The van der Waals surface area contributed by atoms with Gasteiger partial charge < -0.3 is 9.88 Å². The van der Waals surface area contributed by atoms with Crippen LogP contribution in [0.4, 0.5) is 5.82 Å². The maximum absolute atomic E-state index is 12.8. The van der Waals surface area contributed by atoms with Crippen molar-refractivity contribution in [2.24, 2.45) is 7.05 Å². The number of anilines is 1. The molecule has 5 heteroatoms. The number of carbonyl (C=O) groups excluding carboxylic acids is 1. The standard InChI is InChI=1S/C24H20N4O/c1-16-11-13-17(14-12-16)23(29)26-22-24(27(2)15-25-22)28-20-9-5-3-7-18(20)19-8-4-6-10-21(19)28/h3-15H,1-2H3,(H,26,29). The molecule has 1 N–H and O–H groups in total. The molecular formula is C24H20N4O. The Morgan fingerprint density at radius 3 is 2.07 bits per heavy atom. The molecule has 2 heterocycles. The summed E-state index contributed by atoms with van der Waals surface area (Å²) >= 11 is 0. The average Bonchev–Trinajstić information content (AvgIpc) is 3.26. The van der Waals surface area contributed by atoms with E-state index >= 15 is 0 Å². The first-order valence-electron chi connectivity index (χ1n) is 9.51. The van der Waals surface area contributed by atoms with Gasteiger partial charge in [0.05, 0.1) is 17.4 Å². The van der Waals surface area contributed by atoms with Gasteiger partial charge in [-0.3, -0.25) is 9.36 Å². The lowest BCUT2D eigenvalue weighted by molar-refractivity contribution is 0.102. The van der Waals surface area contributed by atoms with Crippen molar-refractivity contribution < 1.29 is 4.79 Å². The number of carbonyl (C=O) groups is 1. The van der Waals surface area contributed by atoms with E-state index < -0.39 is 0 Å². The molecule has 0 saturated carbocycles. The predicted molar refractivity (Wildman–Crippen MR) is 117 cm³/mol. The SMILES string of the molecule is Cc1ccc(C(=O)Nc2ncn(C)c2-n2c3ccccc3c3ccccc32)cc1. The Kier molecular flexibility index (Phi) is 3.95. The van der Waals surface area contributed by atoms with Crippen molar-refractivity contribution in [2.45, 2.75) is 6.92 Å². The zero-order valence-corrected chi connectivity index (χ0v) is 16.3. The maximum Gasteiger partial charge on any atom is 0.256 e. The van der Waals surface area contributed by atoms with Gasteiger partial charge >= 0.3 is 0 Å². The number of nitrogens with one attached hydrogen (secondary N) is 1. The van der Waals surface area contributed by atoms with Crippen LogP contribution >= 0.6 is 0 Å². The van der Waals surface area contributed by atoms with E-state index in [1.165, 1.54) is 10.8 Å². The zero-order chi connectivity index (χ0) is 20.0. The summed E-state index contributed by atoms with van der Waals surface area (Å²) in [6.07, 6.45) is 1.73. The normalized spacial score (nSPS) is 11.2. The Bertz CT molecular complexity index is 1310. The molecule has 0 atom stereocenters. The van der Waals surface area contributed by atoms with E-state index in [-0.39, 0.29) is 5.91 Å². The number of benzene rings is 3. The molecule has 3 aromatic carbocycles.